The summed E-state index contributed by atoms with van der Waals surface area (Å²) in [5, 5.41) is 1.39. The molecule has 0 saturated carbocycles. The molecule has 16 heavy (non-hydrogen) atoms. The van der Waals surface area contributed by atoms with Crippen molar-refractivity contribution in [3.63, 3.8) is 0 Å². The molecule has 0 spiro atoms. The SMILES string of the molecule is CCOC(=O)c1[nH]c2cccc(Cl)c2c1Br. The Bertz CT molecular complexity index is 550. The highest BCUT2D eigenvalue weighted by Crippen LogP contribution is 2.33. The Labute approximate surface area is 106 Å². The number of fused-ring (bicyclic) bond motifs is 1. The largest absolute Gasteiger partial charge is 0.461 e. The van der Waals surface area contributed by atoms with Gasteiger partial charge in [-0.2, -0.15) is 0 Å². The number of aromatic amines is 1. The number of ether oxygens (including phenoxy) is 1. The minimum absolute atomic E-state index is 0.342. The van der Waals surface area contributed by atoms with Gasteiger partial charge < -0.3 is 9.72 Å². The lowest BCUT2D eigenvalue weighted by molar-refractivity contribution is 0.0519. The second-order valence-corrected chi connectivity index (χ2v) is 4.40. The van der Waals surface area contributed by atoms with Gasteiger partial charge in [-0.05, 0) is 35.0 Å². The van der Waals surface area contributed by atoms with Crippen molar-refractivity contribution in [1.82, 2.24) is 4.98 Å². The third-order valence-electron chi connectivity index (χ3n) is 2.19. The maximum atomic E-state index is 11.6. The summed E-state index contributed by atoms with van der Waals surface area (Å²) in [5.41, 5.74) is 1.20. The Morgan fingerprint density at radius 3 is 2.94 bits per heavy atom. The minimum atomic E-state index is -0.387. The van der Waals surface area contributed by atoms with E-state index >= 15 is 0 Å². The van der Waals surface area contributed by atoms with Gasteiger partial charge in [-0.3, -0.25) is 0 Å². The molecule has 3 nitrogen and oxygen atoms in total. The van der Waals surface area contributed by atoms with Crippen LogP contribution in [0.4, 0.5) is 0 Å². The fraction of sp³-hybridized carbons (Fsp3) is 0.182. The van der Waals surface area contributed by atoms with Crippen LogP contribution in [0.25, 0.3) is 10.9 Å². The molecule has 0 radical (unpaired) electrons. The topological polar surface area (TPSA) is 42.1 Å². The van der Waals surface area contributed by atoms with Gasteiger partial charge in [0.1, 0.15) is 5.69 Å². The number of hydrogen-bond donors (Lipinski definition) is 1. The predicted octanol–water partition coefficient (Wildman–Crippen LogP) is 3.76. The lowest BCUT2D eigenvalue weighted by Crippen LogP contribution is -2.05. The zero-order chi connectivity index (χ0) is 11.7. The monoisotopic (exact) mass is 301 g/mol. The summed E-state index contributed by atoms with van der Waals surface area (Å²) in [7, 11) is 0. The summed E-state index contributed by atoms with van der Waals surface area (Å²) >= 11 is 9.41. The van der Waals surface area contributed by atoms with Crippen LogP contribution in [0.1, 0.15) is 17.4 Å². The quantitative estimate of drug-likeness (QED) is 0.858. The van der Waals surface area contributed by atoms with Crippen molar-refractivity contribution < 1.29 is 9.53 Å². The molecule has 1 heterocycles. The first-order chi connectivity index (χ1) is 7.65. The van der Waals surface area contributed by atoms with Crippen molar-refractivity contribution in [3.8, 4) is 0 Å². The number of carbonyl (C=O) groups is 1. The highest BCUT2D eigenvalue weighted by Gasteiger charge is 2.18. The number of H-pyrrole nitrogens is 1. The Morgan fingerprint density at radius 2 is 2.31 bits per heavy atom. The third-order valence-corrected chi connectivity index (χ3v) is 3.30. The Hall–Kier alpha value is -1.000. The van der Waals surface area contributed by atoms with E-state index in [9.17, 15) is 4.79 Å². The number of carbonyl (C=O) groups excluding carboxylic acids is 1. The number of esters is 1. The number of aromatic nitrogens is 1. The van der Waals surface area contributed by atoms with Gasteiger partial charge in [0.15, 0.2) is 0 Å². The summed E-state index contributed by atoms with van der Waals surface area (Å²) in [6.07, 6.45) is 0. The molecule has 1 aromatic heterocycles. The van der Waals surface area contributed by atoms with E-state index in [1.807, 2.05) is 12.1 Å². The van der Waals surface area contributed by atoms with Crippen LogP contribution in [0.3, 0.4) is 0 Å². The van der Waals surface area contributed by atoms with Crippen LogP contribution in [0.5, 0.6) is 0 Å². The van der Waals surface area contributed by atoms with Crippen LogP contribution in [-0.2, 0) is 4.74 Å². The van der Waals surface area contributed by atoms with Crippen molar-refractivity contribution >= 4 is 44.4 Å². The fourth-order valence-corrected chi connectivity index (χ4v) is 2.58. The molecule has 0 amide bonds. The molecule has 0 fully saturated rings. The lowest BCUT2D eigenvalue weighted by Gasteiger charge is -1.98. The summed E-state index contributed by atoms with van der Waals surface area (Å²) in [5.74, 6) is -0.387. The molecule has 2 rings (SSSR count). The van der Waals surface area contributed by atoms with Gasteiger partial charge in [0.05, 0.1) is 16.1 Å². The summed E-state index contributed by atoms with van der Waals surface area (Å²) in [6, 6.07) is 5.45. The number of benzene rings is 1. The average Bonchev–Trinajstić information content (AvgIpc) is 2.58. The second-order valence-electron chi connectivity index (χ2n) is 3.20. The fourth-order valence-electron chi connectivity index (χ4n) is 1.51. The van der Waals surface area contributed by atoms with Crippen LogP contribution in [0, 0.1) is 0 Å². The Kier molecular flexibility index (Phi) is 3.21. The van der Waals surface area contributed by atoms with E-state index in [0.29, 0.717) is 21.8 Å². The maximum absolute atomic E-state index is 11.6. The van der Waals surface area contributed by atoms with Crippen LogP contribution in [0.15, 0.2) is 22.7 Å². The molecule has 0 bridgehead atoms. The van der Waals surface area contributed by atoms with Gasteiger partial charge >= 0.3 is 5.97 Å². The highest BCUT2D eigenvalue weighted by molar-refractivity contribution is 9.10. The summed E-state index contributed by atoms with van der Waals surface area (Å²) in [4.78, 5) is 14.6. The molecule has 0 atom stereocenters. The average molecular weight is 303 g/mol. The predicted molar refractivity (Wildman–Crippen MR) is 67.0 cm³/mol. The molecule has 1 N–H and O–H groups in total. The van der Waals surface area contributed by atoms with E-state index < -0.39 is 0 Å². The minimum Gasteiger partial charge on any atom is -0.461 e. The molecule has 5 heteroatoms. The number of hydrogen-bond acceptors (Lipinski definition) is 2. The first-order valence-corrected chi connectivity index (χ1v) is 5.95. The Balaban J connectivity index is 2.61. The smallest absolute Gasteiger partial charge is 0.355 e. The molecule has 84 valence electrons. The molecule has 0 aliphatic heterocycles. The van der Waals surface area contributed by atoms with Crippen LogP contribution in [0.2, 0.25) is 5.02 Å². The molecular formula is C11H9BrClNO2. The van der Waals surface area contributed by atoms with Gasteiger partial charge in [-0.25, -0.2) is 4.79 Å². The number of rotatable bonds is 2. The first kappa shape index (κ1) is 11.5. The van der Waals surface area contributed by atoms with Gasteiger partial charge in [-0.1, -0.05) is 17.7 Å². The Morgan fingerprint density at radius 1 is 1.56 bits per heavy atom. The first-order valence-electron chi connectivity index (χ1n) is 4.78. The molecule has 0 aliphatic carbocycles. The molecule has 0 unspecified atom stereocenters. The van der Waals surface area contributed by atoms with Gasteiger partial charge in [0, 0.05) is 10.9 Å². The van der Waals surface area contributed by atoms with E-state index in [2.05, 4.69) is 20.9 Å². The zero-order valence-corrected chi connectivity index (χ0v) is 10.9. The lowest BCUT2D eigenvalue weighted by atomic mass is 10.2. The number of nitrogens with one attached hydrogen (secondary N) is 1. The number of halogens is 2. The van der Waals surface area contributed by atoms with Crippen LogP contribution >= 0.6 is 27.5 Å². The molecule has 2 aromatic rings. The van der Waals surface area contributed by atoms with Crippen molar-refractivity contribution in [2.45, 2.75) is 6.92 Å². The van der Waals surface area contributed by atoms with Crippen molar-refractivity contribution in [3.05, 3.63) is 33.4 Å². The molecule has 0 aliphatic rings. The van der Waals surface area contributed by atoms with Gasteiger partial charge in [0.2, 0.25) is 0 Å². The van der Waals surface area contributed by atoms with Crippen LogP contribution in [-0.4, -0.2) is 17.6 Å². The molecular weight excluding hydrogens is 293 g/mol. The van der Waals surface area contributed by atoms with Crippen molar-refractivity contribution in [1.29, 1.82) is 0 Å². The second kappa shape index (κ2) is 4.47. The third kappa shape index (κ3) is 1.83. The molecule has 0 saturated heterocycles. The van der Waals surface area contributed by atoms with Gasteiger partial charge in [0.25, 0.3) is 0 Å². The van der Waals surface area contributed by atoms with E-state index in [4.69, 9.17) is 16.3 Å². The van der Waals surface area contributed by atoms with Crippen molar-refractivity contribution in [2.75, 3.05) is 6.61 Å². The van der Waals surface area contributed by atoms with Crippen LogP contribution < -0.4 is 0 Å². The van der Waals surface area contributed by atoms with Crippen molar-refractivity contribution in [2.24, 2.45) is 0 Å². The standard InChI is InChI=1S/C11H9BrClNO2/c1-2-16-11(15)10-9(12)8-6(13)4-3-5-7(8)14-10/h3-5,14H,2H2,1H3. The summed E-state index contributed by atoms with van der Waals surface area (Å²) in [6.45, 7) is 2.11. The zero-order valence-electron chi connectivity index (χ0n) is 8.51. The van der Waals surface area contributed by atoms with E-state index in [0.717, 1.165) is 10.9 Å². The maximum Gasteiger partial charge on any atom is 0.355 e. The van der Waals surface area contributed by atoms with Gasteiger partial charge in [-0.15, -0.1) is 0 Å². The molecule has 1 aromatic carbocycles. The normalized spacial score (nSPS) is 10.7. The van der Waals surface area contributed by atoms with E-state index in [1.54, 1.807) is 13.0 Å². The van der Waals surface area contributed by atoms with E-state index in [1.165, 1.54) is 0 Å². The van der Waals surface area contributed by atoms with E-state index in [-0.39, 0.29) is 5.97 Å². The summed E-state index contributed by atoms with van der Waals surface area (Å²) < 4.78 is 5.58. The highest BCUT2D eigenvalue weighted by atomic mass is 79.9.